The zero-order chi connectivity index (χ0) is 13.8. The molecule has 5 heteroatoms. The number of amides is 1. The maximum Gasteiger partial charge on any atom is 0.219 e. The molecule has 2 aromatic rings. The molecule has 0 saturated carbocycles. The average molecular weight is 273 g/mol. The van der Waals surface area contributed by atoms with Crippen LogP contribution in [0.3, 0.4) is 0 Å². The third-order valence-electron chi connectivity index (χ3n) is 2.88. The summed E-state index contributed by atoms with van der Waals surface area (Å²) in [7, 11) is 0. The Balaban J connectivity index is 2.38. The molecule has 0 heterocycles. The van der Waals surface area contributed by atoms with E-state index in [-0.39, 0.29) is 5.91 Å². The Morgan fingerprint density at radius 3 is 2.42 bits per heavy atom. The molecule has 4 nitrogen and oxygen atoms in total. The molecule has 2 aromatic carbocycles. The van der Waals surface area contributed by atoms with Crippen molar-refractivity contribution in [2.75, 3.05) is 11.9 Å². The Kier molecular flexibility index (Phi) is 3.97. The number of hydrogen-bond donors (Lipinski definition) is 3. The lowest BCUT2D eigenvalue weighted by molar-refractivity contribution is -0.117. The van der Waals surface area contributed by atoms with Crippen LogP contribution < -0.4 is 16.8 Å². The zero-order valence-corrected chi connectivity index (χ0v) is 11.2. The number of rotatable bonds is 5. The summed E-state index contributed by atoms with van der Waals surface area (Å²) in [6.07, 6.45) is 0.297. The van der Waals surface area contributed by atoms with Crippen molar-refractivity contribution in [2.45, 2.75) is 6.42 Å². The Hall–Kier alpha value is -2.14. The topological polar surface area (TPSA) is 81.1 Å². The lowest BCUT2D eigenvalue weighted by Gasteiger charge is -2.12. The Labute approximate surface area is 116 Å². The molecular weight excluding hydrogens is 258 g/mol. The monoisotopic (exact) mass is 273 g/mol. The maximum absolute atomic E-state index is 10.7. The second kappa shape index (κ2) is 5.67. The average Bonchev–Trinajstić information content (AvgIpc) is 2.38. The van der Waals surface area contributed by atoms with Gasteiger partial charge >= 0.3 is 0 Å². The van der Waals surface area contributed by atoms with Gasteiger partial charge < -0.3 is 16.8 Å². The van der Waals surface area contributed by atoms with Crippen LogP contribution in [0.1, 0.15) is 12.0 Å². The summed E-state index contributed by atoms with van der Waals surface area (Å²) in [5.41, 5.74) is 12.6. The van der Waals surface area contributed by atoms with E-state index in [0.29, 0.717) is 18.0 Å². The summed E-state index contributed by atoms with van der Waals surface area (Å²) in [6.45, 7) is 0.506. The van der Waals surface area contributed by atoms with E-state index in [9.17, 15) is 4.79 Å². The number of carbonyl (C=O) groups excluding carboxylic acids is 1. The van der Waals surface area contributed by atoms with Crippen molar-refractivity contribution >= 4 is 39.6 Å². The lowest BCUT2D eigenvalue weighted by Crippen LogP contribution is -2.16. The number of nitrogens with two attached hydrogens (primary N) is 2. The first-order valence-corrected chi connectivity index (χ1v) is 6.34. The summed E-state index contributed by atoms with van der Waals surface area (Å²) in [5.74, 6) is -0.323. The third kappa shape index (κ3) is 3.00. The van der Waals surface area contributed by atoms with Gasteiger partial charge in [0.2, 0.25) is 5.91 Å². The number of nitrogens with one attached hydrogen (secondary N) is 1. The minimum absolute atomic E-state index is 0.297. The first kappa shape index (κ1) is 13.3. The maximum atomic E-state index is 10.7. The molecular formula is C14H15N3OS. The largest absolute Gasteiger partial charge is 0.389 e. The molecule has 5 N–H and O–H groups in total. The quantitative estimate of drug-likeness (QED) is 0.725. The summed E-state index contributed by atoms with van der Waals surface area (Å²) in [6, 6.07) is 11.7. The number of anilines is 1. The van der Waals surface area contributed by atoms with E-state index in [4.69, 9.17) is 23.7 Å². The highest BCUT2D eigenvalue weighted by molar-refractivity contribution is 7.80. The fourth-order valence-corrected chi connectivity index (χ4v) is 2.17. The second-order valence-electron chi connectivity index (χ2n) is 4.21. The molecule has 0 aliphatic rings. The van der Waals surface area contributed by atoms with Gasteiger partial charge in [-0.3, -0.25) is 4.79 Å². The van der Waals surface area contributed by atoms with Crippen molar-refractivity contribution in [3.63, 3.8) is 0 Å². The number of hydrogen-bond acceptors (Lipinski definition) is 3. The van der Waals surface area contributed by atoms with E-state index in [1.165, 1.54) is 0 Å². The smallest absolute Gasteiger partial charge is 0.219 e. The molecule has 98 valence electrons. The highest BCUT2D eigenvalue weighted by atomic mass is 32.1. The zero-order valence-electron chi connectivity index (χ0n) is 10.3. The van der Waals surface area contributed by atoms with Crippen molar-refractivity contribution in [1.82, 2.24) is 0 Å². The van der Waals surface area contributed by atoms with E-state index in [0.717, 1.165) is 22.0 Å². The van der Waals surface area contributed by atoms with Crippen molar-refractivity contribution in [2.24, 2.45) is 11.5 Å². The molecule has 0 fully saturated rings. The van der Waals surface area contributed by atoms with E-state index >= 15 is 0 Å². The Bertz CT molecular complexity index is 640. The van der Waals surface area contributed by atoms with Gasteiger partial charge in [0.15, 0.2) is 0 Å². The predicted molar refractivity (Wildman–Crippen MR) is 82.1 cm³/mol. The molecule has 0 spiro atoms. The standard InChI is InChI=1S/C14H15N3OS/c15-13(18)7-8-17-12-6-5-11(14(16)19)9-3-1-2-4-10(9)12/h1-6,17H,7-8H2,(H2,15,18)(H2,16,19). The highest BCUT2D eigenvalue weighted by Gasteiger charge is 2.07. The van der Waals surface area contributed by atoms with Crippen LogP contribution in [0.5, 0.6) is 0 Å². The van der Waals surface area contributed by atoms with Crippen molar-refractivity contribution in [3.8, 4) is 0 Å². The van der Waals surface area contributed by atoms with Crippen LogP contribution in [0.15, 0.2) is 36.4 Å². The molecule has 19 heavy (non-hydrogen) atoms. The fourth-order valence-electron chi connectivity index (χ4n) is 1.99. The van der Waals surface area contributed by atoms with Gasteiger partial charge in [0, 0.05) is 29.6 Å². The molecule has 0 unspecified atom stereocenters. The van der Waals surface area contributed by atoms with Gasteiger partial charge in [0.05, 0.1) is 0 Å². The van der Waals surface area contributed by atoms with E-state index in [2.05, 4.69) is 5.32 Å². The highest BCUT2D eigenvalue weighted by Crippen LogP contribution is 2.26. The minimum atomic E-state index is -0.323. The van der Waals surface area contributed by atoms with Crippen molar-refractivity contribution < 1.29 is 4.79 Å². The van der Waals surface area contributed by atoms with E-state index in [1.807, 2.05) is 36.4 Å². The normalized spacial score (nSPS) is 10.3. The molecule has 0 aliphatic carbocycles. The van der Waals surface area contributed by atoms with Crippen LogP contribution in [0.4, 0.5) is 5.69 Å². The SMILES string of the molecule is NC(=O)CCNc1ccc(C(N)=S)c2ccccc12. The number of thiocarbonyl (C=S) groups is 1. The molecule has 0 aliphatic heterocycles. The van der Waals surface area contributed by atoms with Crippen LogP contribution in [0.2, 0.25) is 0 Å². The molecule has 0 aromatic heterocycles. The van der Waals surface area contributed by atoms with Crippen LogP contribution in [-0.2, 0) is 4.79 Å². The van der Waals surface area contributed by atoms with Crippen molar-refractivity contribution in [1.29, 1.82) is 0 Å². The van der Waals surface area contributed by atoms with E-state index in [1.54, 1.807) is 0 Å². The van der Waals surface area contributed by atoms with E-state index < -0.39 is 0 Å². The molecule has 0 saturated heterocycles. The van der Waals surface area contributed by atoms with Gasteiger partial charge in [0.25, 0.3) is 0 Å². The molecule has 0 radical (unpaired) electrons. The summed E-state index contributed by atoms with van der Waals surface area (Å²) >= 11 is 5.05. The Morgan fingerprint density at radius 1 is 1.11 bits per heavy atom. The predicted octanol–water partition coefficient (Wildman–Crippen LogP) is 1.76. The van der Waals surface area contributed by atoms with Gasteiger partial charge in [0.1, 0.15) is 4.99 Å². The van der Waals surface area contributed by atoms with Gasteiger partial charge in [-0.1, -0.05) is 36.5 Å². The lowest BCUT2D eigenvalue weighted by atomic mass is 10.0. The second-order valence-corrected chi connectivity index (χ2v) is 4.65. The van der Waals surface area contributed by atoms with Crippen LogP contribution in [-0.4, -0.2) is 17.4 Å². The Morgan fingerprint density at radius 2 is 1.79 bits per heavy atom. The molecule has 1 amide bonds. The number of benzene rings is 2. The third-order valence-corrected chi connectivity index (χ3v) is 3.10. The van der Waals surface area contributed by atoms with Gasteiger partial charge in [-0.2, -0.15) is 0 Å². The van der Waals surface area contributed by atoms with Crippen LogP contribution in [0, 0.1) is 0 Å². The van der Waals surface area contributed by atoms with Crippen molar-refractivity contribution in [3.05, 3.63) is 42.0 Å². The first-order chi connectivity index (χ1) is 9.09. The number of primary amides is 1. The summed E-state index contributed by atoms with van der Waals surface area (Å²) in [5, 5.41) is 5.22. The summed E-state index contributed by atoms with van der Waals surface area (Å²) in [4.78, 5) is 11.1. The van der Waals surface area contributed by atoms with Crippen LogP contribution in [0.25, 0.3) is 10.8 Å². The summed E-state index contributed by atoms with van der Waals surface area (Å²) < 4.78 is 0. The molecule has 0 bridgehead atoms. The van der Waals surface area contributed by atoms with Crippen LogP contribution >= 0.6 is 12.2 Å². The fraction of sp³-hybridized carbons (Fsp3) is 0.143. The minimum Gasteiger partial charge on any atom is -0.389 e. The number of fused-ring (bicyclic) bond motifs is 1. The van der Waals surface area contributed by atoms with Gasteiger partial charge in [-0.05, 0) is 17.5 Å². The molecule has 2 rings (SSSR count). The van der Waals surface area contributed by atoms with Gasteiger partial charge in [-0.15, -0.1) is 0 Å². The number of carbonyl (C=O) groups is 1. The van der Waals surface area contributed by atoms with Gasteiger partial charge in [-0.25, -0.2) is 0 Å². The molecule has 0 atom stereocenters. The first-order valence-electron chi connectivity index (χ1n) is 5.93.